The molecule has 0 aliphatic heterocycles. The summed E-state index contributed by atoms with van der Waals surface area (Å²) in [5.41, 5.74) is 3.13. The number of rotatable bonds is 2. The molecule has 0 atom stereocenters. The zero-order valence-corrected chi connectivity index (χ0v) is 12.0. The van der Waals surface area contributed by atoms with Gasteiger partial charge in [0, 0.05) is 11.3 Å². The fourth-order valence-electron chi connectivity index (χ4n) is 1.97. The van der Waals surface area contributed by atoms with E-state index in [4.69, 9.17) is 0 Å². The van der Waals surface area contributed by atoms with Crippen LogP contribution in [0.1, 0.15) is 5.69 Å². The maximum absolute atomic E-state index is 4.62. The molecular weight excluding hydrogens is 302 g/mol. The van der Waals surface area contributed by atoms with Crippen molar-refractivity contribution in [2.75, 3.05) is 0 Å². The summed E-state index contributed by atoms with van der Waals surface area (Å²) in [7, 11) is 0. The average Bonchev–Trinajstić information content (AvgIpc) is 2.82. The third kappa shape index (κ3) is 2.44. The lowest BCUT2D eigenvalue weighted by molar-refractivity contribution is 0.817. The standard InChI is InChI=1S/C15H12BrN3/c1-11-10-13(12-6-3-2-4-7-12)18-19(11)15-9-5-8-14(16)17-15/h2-10H,1H3. The fraction of sp³-hybridized carbons (Fsp3) is 0.0667. The summed E-state index contributed by atoms with van der Waals surface area (Å²) in [6.45, 7) is 2.03. The van der Waals surface area contributed by atoms with E-state index >= 15 is 0 Å². The fourth-order valence-corrected chi connectivity index (χ4v) is 2.31. The van der Waals surface area contributed by atoms with E-state index in [-0.39, 0.29) is 0 Å². The zero-order valence-electron chi connectivity index (χ0n) is 10.4. The molecule has 0 amide bonds. The average molecular weight is 314 g/mol. The first kappa shape index (κ1) is 12.1. The smallest absolute Gasteiger partial charge is 0.154 e. The summed E-state index contributed by atoms with van der Waals surface area (Å²) in [5, 5.41) is 4.62. The van der Waals surface area contributed by atoms with Gasteiger partial charge in [-0.15, -0.1) is 0 Å². The van der Waals surface area contributed by atoms with Gasteiger partial charge in [0.05, 0.1) is 5.69 Å². The van der Waals surface area contributed by atoms with Gasteiger partial charge >= 0.3 is 0 Å². The van der Waals surface area contributed by atoms with Crippen LogP contribution in [0.3, 0.4) is 0 Å². The summed E-state index contributed by atoms with van der Waals surface area (Å²) in [6.07, 6.45) is 0. The van der Waals surface area contributed by atoms with Gasteiger partial charge in [-0.25, -0.2) is 9.67 Å². The van der Waals surface area contributed by atoms with E-state index in [1.54, 1.807) is 0 Å². The molecule has 2 aromatic heterocycles. The zero-order chi connectivity index (χ0) is 13.2. The second-order valence-electron chi connectivity index (χ2n) is 4.27. The summed E-state index contributed by atoms with van der Waals surface area (Å²) < 4.78 is 2.66. The highest BCUT2D eigenvalue weighted by molar-refractivity contribution is 9.10. The minimum atomic E-state index is 0.807. The molecule has 0 N–H and O–H groups in total. The molecule has 3 rings (SSSR count). The summed E-state index contributed by atoms with van der Waals surface area (Å²) in [5.74, 6) is 0.814. The Labute approximate surface area is 120 Å². The first-order valence-corrected chi connectivity index (χ1v) is 6.78. The van der Waals surface area contributed by atoms with Crippen molar-refractivity contribution >= 4 is 15.9 Å². The van der Waals surface area contributed by atoms with Gasteiger partial charge in [-0.05, 0) is 41.1 Å². The molecule has 0 saturated carbocycles. The molecule has 0 fully saturated rings. The van der Waals surface area contributed by atoms with Gasteiger partial charge in [-0.1, -0.05) is 36.4 Å². The first-order valence-electron chi connectivity index (χ1n) is 5.99. The monoisotopic (exact) mass is 313 g/mol. The van der Waals surface area contributed by atoms with Crippen LogP contribution in [-0.4, -0.2) is 14.8 Å². The third-order valence-corrected chi connectivity index (χ3v) is 3.32. The molecule has 3 aromatic rings. The van der Waals surface area contributed by atoms with Crippen molar-refractivity contribution in [2.24, 2.45) is 0 Å². The van der Waals surface area contributed by atoms with Gasteiger partial charge in [0.1, 0.15) is 4.60 Å². The molecule has 0 radical (unpaired) electrons. The molecule has 3 nitrogen and oxygen atoms in total. The second kappa shape index (κ2) is 4.97. The van der Waals surface area contributed by atoms with E-state index in [1.165, 1.54) is 0 Å². The minimum absolute atomic E-state index is 0.807. The molecule has 0 unspecified atom stereocenters. The van der Waals surface area contributed by atoms with Crippen LogP contribution in [0.4, 0.5) is 0 Å². The highest BCUT2D eigenvalue weighted by atomic mass is 79.9. The molecular formula is C15H12BrN3. The molecule has 19 heavy (non-hydrogen) atoms. The Bertz CT molecular complexity index is 704. The molecule has 0 saturated heterocycles. The number of aromatic nitrogens is 3. The highest BCUT2D eigenvalue weighted by Gasteiger charge is 2.08. The molecule has 1 aromatic carbocycles. The predicted molar refractivity (Wildman–Crippen MR) is 79.2 cm³/mol. The number of halogens is 1. The highest BCUT2D eigenvalue weighted by Crippen LogP contribution is 2.20. The van der Waals surface area contributed by atoms with E-state index in [2.05, 4.69) is 44.2 Å². The van der Waals surface area contributed by atoms with Crippen molar-refractivity contribution in [3.63, 3.8) is 0 Å². The maximum Gasteiger partial charge on any atom is 0.154 e. The van der Waals surface area contributed by atoms with Crippen LogP contribution < -0.4 is 0 Å². The Hall–Kier alpha value is -1.94. The van der Waals surface area contributed by atoms with Crippen molar-refractivity contribution in [3.8, 4) is 17.1 Å². The summed E-state index contributed by atoms with van der Waals surface area (Å²) in [4.78, 5) is 4.43. The Morgan fingerprint density at radius 1 is 1.00 bits per heavy atom. The summed E-state index contributed by atoms with van der Waals surface area (Å²) in [6, 6.07) is 18.0. The Morgan fingerprint density at radius 2 is 1.79 bits per heavy atom. The lowest BCUT2D eigenvalue weighted by Gasteiger charge is -2.03. The molecule has 0 aliphatic carbocycles. The predicted octanol–water partition coefficient (Wildman–Crippen LogP) is 4.01. The normalized spacial score (nSPS) is 10.6. The van der Waals surface area contributed by atoms with Gasteiger partial charge in [0.2, 0.25) is 0 Å². The molecule has 4 heteroatoms. The SMILES string of the molecule is Cc1cc(-c2ccccc2)nn1-c1cccc(Br)n1. The largest absolute Gasteiger partial charge is 0.222 e. The van der Waals surface area contributed by atoms with Crippen molar-refractivity contribution in [1.29, 1.82) is 0 Å². The number of aryl methyl sites for hydroxylation is 1. The third-order valence-electron chi connectivity index (χ3n) is 2.87. The van der Waals surface area contributed by atoms with Crippen LogP contribution in [0.15, 0.2) is 59.2 Å². The Balaban J connectivity index is 2.08. The quantitative estimate of drug-likeness (QED) is 0.669. The van der Waals surface area contributed by atoms with Crippen LogP contribution in [0, 0.1) is 6.92 Å². The first-order chi connectivity index (χ1) is 9.24. The number of pyridine rings is 1. The molecule has 2 heterocycles. The van der Waals surface area contributed by atoms with Gasteiger partial charge in [-0.3, -0.25) is 0 Å². The van der Waals surface area contributed by atoms with Gasteiger partial charge in [0.15, 0.2) is 5.82 Å². The van der Waals surface area contributed by atoms with Crippen molar-refractivity contribution in [2.45, 2.75) is 6.92 Å². The molecule has 0 bridgehead atoms. The van der Waals surface area contributed by atoms with E-state index in [9.17, 15) is 0 Å². The lowest BCUT2D eigenvalue weighted by atomic mass is 10.1. The van der Waals surface area contributed by atoms with Crippen molar-refractivity contribution in [3.05, 3.63) is 64.9 Å². The van der Waals surface area contributed by atoms with Crippen LogP contribution in [-0.2, 0) is 0 Å². The topological polar surface area (TPSA) is 30.7 Å². The Morgan fingerprint density at radius 3 is 2.53 bits per heavy atom. The molecule has 94 valence electrons. The van der Waals surface area contributed by atoms with Crippen molar-refractivity contribution in [1.82, 2.24) is 14.8 Å². The van der Waals surface area contributed by atoms with E-state index in [1.807, 2.05) is 48.0 Å². The molecule has 0 aliphatic rings. The van der Waals surface area contributed by atoms with E-state index in [0.717, 1.165) is 27.4 Å². The van der Waals surface area contributed by atoms with Crippen molar-refractivity contribution < 1.29 is 0 Å². The molecule has 0 spiro atoms. The number of hydrogen-bond donors (Lipinski definition) is 0. The van der Waals surface area contributed by atoms with Gasteiger partial charge in [0.25, 0.3) is 0 Å². The van der Waals surface area contributed by atoms with Gasteiger partial charge < -0.3 is 0 Å². The van der Waals surface area contributed by atoms with E-state index < -0.39 is 0 Å². The van der Waals surface area contributed by atoms with Crippen LogP contribution in [0.2, 0.25) is 0 Å². The van der Waals surface area contributed by atoms with Gasteiger partial charge in [-0.2, -0.15) is 5.10 Å². The summed E-state index contributed by atoms with van der Waals surface area (Å²) >= 11 is 3.38. The number of hydrogen-bond acceptors (Lipinski definition) is 2. The second-order valence-corrected chi connectivity index (χ2v) is 5.08. The number of benzene rings is 1. The van der Waals surface area contributed by atoms with Crippen LogP contribution in [0.5, 0.6) is 0 Å². The van der Waals surface area contributed by atoms with Crippen LogP contribution >= 0.6 is 15.9 Å². The van der Waals surface area contributed by atoms with Crippen LogP contribution in [0.25, 0.3) is 17.1 Å². The van der Waals surface area contributed by atoms with E-state index in [0.29, 0.717) is 0 Å². The number of nitrogens with zero attached hydrogens (tertiary/aromatic N) is 3. The lowest BCUT2D eigenvalue weighted by Crippen LogP contribution is -2.01. The Kier molecular flexibility index (Phi) is 3.17. The minimum Gasteiger partial charge on any atom is -0.222 e. The maximum atomic E-state index is 4.62.